The number of hydrogen-bond donors (Lipinski definition) is 2. The Morgan fingerprint density at radius 3 is 3.00 bits per heavy atom. The number of piperidine rings is 1. The van der Waals surface area contributed by atoms with Crippen LogP contribution >= 0.6 is 0 Å². The fraction of sp³-hybridized carbons (Fsp3) is 0.714. The second-order valence-corrected chi connectivity index (χ2v) is 3.23. The molecule has 2 fully saturated rings. The molecule has 2 rings (SSSR count). The number of carbonyl (C=O) groups is 2. The molecule has 5 nitrogen and oxygen atoms in total. The van der Waals surface area contributed by atoms with E-state index in [4.69, 9.17) is 5.11 Å². The third-order valence-electron chi connectivity index (χ3n) is 2.46. The first-order valence-corrected chi connectivity index (χ1v) is 3.98. The highest BCUT2D eigenvalue weighted by atomic mass is 16.4. The SMILES string of the molecule is O=C(O)[C@@H]1CCC2CN1C(=O)N2. The number of hydrogen-bond acceptors (Lipinski definition) is 2. The van der Waals surface area contributed by atoms with Gasteiger partial charge in [0.25, 0.3) is 0 Å². The summed E-state index contributed by atoms with van der Waals surface area (Å²) in [4.78, 5) is 23.2. The molecule has 1 unspecified atom stereocenters. The molecule has 0 aromatic rings. The largest absolute Gasteiger partial charge is 0.480 e. The van der Waals surface area contributed by atoms with Gasteiger partial charge in [-0.3, -0.25) is 0 Å². The third kappa shape index (κ3) is 0.929. The van der Waals surface area contributed by atoms with E-state index in [9.17, 15) is 9.59 Å². The minimum absolute atomic E-state index is 0.174. The zero-order valence-electron chi connectivity index (χ0n) is 6.49. The number of urea groups is 1. The molecule has 66 valence electrons. The van der Waals surface area contributed by atoms with Crippen LogP contribution in [-0.4, -0.2) is 40.6 Å². The number of amides is 2. The highest BCUT2D eigenvalue weighted by Crippen LogP contribution is 2.22. The summed E-state index contributed by atoms with van der Waals surface area (Å²) >= 11 is 0. The number of fused-ring (bicyclic) bond motifs is 2. The first-order valence-electron chi connectivity index (χ1n) is 3.98. The van der Waals surface area contributed by atoms with Gasteiger partial charge in [-0.25, -0.2) is 9.59 Å². The molecule has 0 spiro atoms. The van der Waals surface area contributed by atoms with Crippen LogP contribution < -0.4 is 5.32 Å². The summed E-state index contributed by atoms with van der Waals surface area (Å²) in [6.45, 7) is 0.551. The summed E-state index contributed by atoms with van der Waals surface area (Å²) in [5.74, 6) is -0.898. The van der Waals surface area contributed by atoms with Gasteiger partial charge in [0.15, 0.2) is 0 Å². The monoisotopic (exact) mass is 170 g/mol. The Bertz CT molecular complexity index is 241. The van der Waals surface area contributed by atoms with Gasteiger partial charge < -0.3 is 15.3 Å². The number of carboxylic acid groups (broad SMARTS) is 1. The Balaban J connectivity index is 2.18. The van der Waals surface area contributed by atoms with Crippen LogP contribution in [0.25, 0.3) is 0 Å². The topological polar surface area (TPSA) is 69.6 Å². The van der Waals surface area contributed by atoms with Gasteiger partial charge in [0, 0.05) is 12.6 Å². The number of carboxylic acids is 1. The summed E-state index contributed by atoms with van der Waals surface area (Å²) in [7, 11) is 0. The minimum Gasteiger partial charge on any atom is -0.480 e. The Kier molecular flexibility index (Phi) is 1.46. The van der Waals surface area contributed by atoms with Gasteiger partial charge in [-0.05, 0) is 12.8 Å². The molecule has 0 aromatic heterocycles. The van der Waals surface area contributed by atoms with Crippen molar-refractivity contribution in [1.29, 1.82) is 0 Å². The molecule has 0 saturated carbocycles. The molecule has 2 bridgehead atoms. The van der Waals surface area contributed by atoms with Crippen molar-refractivity contribution in [3.63, 3.8) is 0 Å². The van der Waals surface area contributed by atoms with Crippen molar-refractivity contribution in [2.75, 3.05) is 6.54 Å². The van der Waals surface area contributed by atoms with Crippen molar-refractivity contribution in [3.8, 4) is 0 Å². The molecule has 2 N–H and O–H groups in total. The van der Waals surface area contributed by atoms with Gasteiger partial charge in [0.1, 0.15) is 6.04 Å². The van der Waals surface area contributed by atoms with Crippen molar-refractivity contribution >= 4 is 12.0 Å². The molecule has 0 aromatic carbocycles. The predicted molar refractivity (Wildman–Crippen MR) is 39.7 cm³/mol. The molecular formula is C7H10N2O3. The Morgan fingerprint density at radius 1 is 1.58 bits per heavy atom. The lowest BCUT2D eigenvalue weighted by Crippen LogP contribution is -2.44. The van der Waals surface area contributed by atoms with Crippen LogP contribution in [0.15, 0.2) is 0 Å². The quantitative estimate of drug-likeness (QED) is 0.564. The molecule has 2 saturated heterocycles. The first kappa shape index (κ1) is 7.39. The minimum atomic E-state index is -0.898. The van der Waals surface area contributed by atoms with Crippen LogP contribution in [0.2, 0.25) is 0 Å². The maximum atomic E-state index is 11.1. The Hall–Kier alpha value is -1.26. The Labute approximate surface area is 69.3 Å². The summed E-state index contributed by atoms with van der Waals surface area (Å²) in [6.07, 6.45) is 1.35. The van der Waals surface area contributed by atoms with Crippen molar-refractivity contribution in [1.82, 2.24) is 10.2 Å². The lowest BCUT2D eigenvalue weighted by molar-refractivity contribution is -0.142. The summed E-state index contributed by atoms with van der Waals surface area (Å²) in [6, 6.07) is -0.665. The molecule has 0 radical (unpaired) electrons. The number of nitrogens with zero attached hydrogens (tertiary/aromatic N) is 1. The molecule has 12 heavy (non-hydrogen) atoms. The molecular weight excluding hydrogens is 160 g/mol. The van der Waals surface area contributed by atoms with Crippen LogP contribution in [0.1, 0.15) is 12.8 Å². The van der Waals surface area contributed by atoms with Crippen molar-refractivity contribution in [2.24, 2.45) is 0 Å². The van der Waals surface area contributed by atoms with Gasteiger partial charge in [-0.2, -0.15) is 0 Å². The maximum absolute atomic E-state index is 11.1. The van der Waals surface area contributed by atoms with Crippen LogP contribution in [0, 0.1) is 0 Å². The Morgan fingerprint density at radius 2 is 2.33 bits per heavy atom. The zero-order chi connectivity index (χ0) is 8.72. The van der Waals surface area contributed by atoms with Crippen LogP contribution in [0.5, 0.6) is 0 Å². The average Bonchev–Trinajstić information content (AvgIpc) is 2.28. The summed E-state index contributed by atoms with van der Waals surface area (Å²) in [5.41, 5.74) is 0. The third-order valence-corrected chi connectivity index (χ3v) is 2.46. The van der Waals surface area contributed by atoms with E-state index >= 15 is 0 Å². The maximum Gasteiger partial charge on any atom is 0.326 e. The van der Waals surface area contributed by atoms with Gasteiger partial charge in [0.2, 0.25) is 0 Å². The van der Waals surface area contributed by atoms with E-state index in [0.717, 1.165) is 6.42 Å². The number of carbonyl (C=O) groups excluding carboxylic acids is 1. The van der Waals surface area contributed by atoms with Crippen molar-refractivity contribution in [3.05, 3.63) is 0 Å². The molecule has 0 aliphatic carbocycles. The van der Waals surface area contributed by atoms with E-state index in [1.54, 1.807) is 0 Å². The summed E-state index contributed by atoms with van der Waals surface area (Å²) < 4.78 is 0. The standard InChI is InChI=1S/C7H10N2O3/c10-6(11)5-2-1-4-3-9(5)7(12)8-4/h4-5H,1-3H2,(H,8,12)(H,10,11)/t4?,5-/m0/s1. The fourth-order valence-electron chi connectivity index (χ4n) is 1.83. The number of rotatable bonds is 1. The lowest BCUT2D eigenvalue weighted by atomic mass is 10.0. The molecule has 2 heterocycles. The summed E-state index contributed by atoms with van der Waals surface area (Å²) in [5, 5.41) is 11.5. The van der Waals surface area contributed by atoms with E-state index in [1.807, 2.05) is 0 Å². The molecule has 2 atom stereocenters. The molecule has 2 aliphatic heterocycles. The molecule has 2 amide bonds. The van der Waals surface area contributed by atoms with E-state index < -0.39 is 12.0 Å². The number of nitrogens with one attached hydrogen (secondary N) is 1. The van der Waals surface area contributed by atoms with Crippen LogP contribution in [0.4, 0.5) is 4.79 Å². The van der Waals surface area contributed by atoms with E-state index in [0.29, 0.717) is 13.0 Å². The zero-order valence-corrected chi connectivity index (χ0v) is 6.49. The van der Waals surface area contributed by atoms with Crippen molar-refractivity contribution < 1.29 is 14.7 Å². The normalized spacial score (nSPS) is 33.3. The second kappa shape index (κ2) is 2.36. The van der Waals surface area contributed by atoms with Crippen LogP contribution in [-0.2, 0) is 4.79 Å². The lowest BCUT2D eigenvalue weighted by Gasteiger charge is -2.26. The smallest absolute Gasteiger partial charge is 0.326 e. The van der Waals surface area contributed by atoms with E-state index in [2.05, 4.69) is 5.32 Å². The van der Waals surface area contributed by atoms with Gasteiger partial charge >= 0.3 is 12.0 Å². The first-order chi connectivity index (χ1) is 5.68. The molecule has 5 heteroatoms. The predicted octanol–water partition coefficient (Wildman–Crippen LogP) is -0.373. The molecule has 2 aliphatic rings. The van der Waals surface area contributed by atoms with Gasteiger partial charge in [-0.15, -0.1) is 0 Å². The van der Waals surface area contributed by atoms with E-state index in [1.165, 1.54) is 4.90 Å². The van der Waals surface area contributed by atoms with Gasteiger partial charge in [-0.1, -0.05) is 0 Å². The fourth-order valence-corrected chi connectivity index (χ4v) is 1.83. The average molecular weight is 170 g/mol. The number of aliphatic carboxylic acids is 1. The van der Waals surface area contributed by atoms with E-state index in [-0.39, 0.29) is 12.1 Å². The highest BCUT2D eigenvalue weighted by Gasteiger charge is 2.41. The van der Waals surface area contributed by atoms with Crippen LogP contribution in [0.3, 0.4) is 0 Å². The second-order valence-electron chi connectivity index (χ2n) is 3.23. The van der Waals surface area contributed by atoms with Crippen molar-refractivity contribution in [2.45, 2.75) is 24.9 Å². The van der Waals surface area contributed by atoms with Gasteiger partial charge in [0.05, 0.1) is 0 Å². The highest BCUT2D eigenvalue weighted by molar-refractivity contribution is 5.85.